The minimum atomic E-state index is -0.498. The lowest BCUT2D eigenvalue weighted by molar-refractivity contribution is -0.146. The van der Waals surface area contributed by atoms with Gasteiger partial charge in [0.15, 0.2) is 6.61 Å². The molecule has 2 N–H and O–H groups in total. The first-order chi connectivity index (χ1) is 12.5. The highest BCUT2D eigenvalue weighted by Gasteiger charge is 2.29. The molecule has 2 aromatic rings. The number of nitrogens with two attached hydrogens (primary N) is 1. The van der Waals surface area contributed by atoms with E-state index in [1.54, 1.807) is 29.2 Å². The van der Waals surface area contributed by atoms with Crippen molar-refractivity contribution >= 4 is 11.8 Å². The van der Waals surface area contributed by atoms with Crippen molar-refractivity contribution in [1.82, 2.24) is 4.90 Å². The highest BCUT2D eigenvalue weighted by atomic mass is 16.5. The molecular formula is C20H22N2O4. The quantitative estimate of drug-likeness (QED) is 0.892. The predicted molar refractivity (Wildman–Crippen MR) is 96.8 cm³/mol. The van der Waals surface area contributed by atoms with E-state index in [0.29, 0.717) is 24.4 Å². The van der Waals surface area contributed by atoms with E-state index in [0.717, 1.165) is 5.56 Å². The highest BCUT2D eigenvalue weighted by Crippen LogP contribution is 2.25. The topological polar surface area (TPSA) is 81.9 Å². The Balaban J connectivity index is 1.59. The molecule has 2 atom stereocenters. The van der Waals surface area contributed by atoms with Gasteiger partial charge in [0.1, 0.15) is 11.9 Å². The minimum Gasteiger partial charge on any atom is -0.484 e. The smallest absolute Gasteiger partial charge is 0.260 e. The fraction of sp³-hybridized carbons (Fsp3) is 0.300. The van der Waals surface area contributed by atoms with Crippen LogP contribution in [0, 0.1) is 0 Å². The molecule has 6 heteroatoms. The number of carbonyl (C=O) groups excluding carboxylic acids is 2. The van der Waals surface area contributed by atoms with Crippen molar-refractivity contribution in [2.75, 3.05) is 19.7 Å². The zero-order valence-electron chi connectivity index (χ0n) is 14.6. The molecule has 0 unspecified atom stereocenters. The van der Waals surface area contributed by atoms with Gasteiger partial charge in [0, 0.05) is 12.1 Å². The van der Waals surface area contributed by atoms with E-state index >= 15 is 0 Å². The number of rotatable bonds is 5. The molecule has 1 aliphatic heterocycles. The van der Waals surface area contributed by atoms with Crippen LogP contribution in [0.5, 0.6) is 5.75 Å². The van der Waals surface area contributed by atoms with Gasteiger partial charge in [-0.05, 0) is 36.8 Å². The predicted octanol–water partition coefficient (Wildman–Crippen LogP) is 2.15. The van der Waals surface area contributed by atoms with Gasteiger partial charge in [-0.2, -0.15) is 0 Å². The van der Waals surface area contributed by atoms with Gasteiger partial charge in [0.25, 0.3) is 5.91 Å². The molecule has 6 nitrogen and oxygen atoms in total. The van der Waals surface area contributed by atoms with Crippen molar-refractivity contribution in [1.29, 1.82) is 0 Å². The Kier molecular flexibility index (Phi) is 5.53. The molecule has 0 saturated carbocycles. The molecule has 2 amide bonds. The Hall–Kier alpha value is -2.86. The van der Waals surface area contributed by atoms with E-state index in [1.807, 2.05) is 37.3 Å². The van der Waals surface area contributed by atoms with Crippen molar-refractivity contribution in [3.05, 3.63) is 65.7 Å². The second-order valence-electron chi connectivity index (χ2n) is 6.32. The maximum absolute atomic E-state index is 12.5. The fourth-order valence-electron chi connectivity index (χ4n) is 2.96. The normalized spacial score (nSPS) is 19.8. The Morgan fingerprint density at radius 2 is 1.81 bits per heavy atom. The molecule has 0 aromatic heterocycles. The lowest BCUT2D eigenvalue weighted by atomic mass is 10.1. The van der Waals surface area contributed by atoms with Crippen LogP contribution in [0.15, 0.2) is 54.6 Å². The summed E-state index contributed by atoms with van der Waals surface area (Å²) in [4.78, 5) is 25.4. The van der Waals surface area contributed by atoms with Crippen LogP contribution in [-0.2, 0) is 9.53 Å². The maximum atomic E-state index is 12.5. The highest BCUT2D eigenvalue weighted by molar-refractivity contribution is 5.92. The summed E-state index contributed by atoms with van der Waals surface area (Å²) >= 11 is 0. The Bertz CT molecular complexity index is 761. The van der Waals surface area contributed by atoms with Gasteiger partial charge >= 0.3 is 0 Å². The van der Waals surface area contributed by atoms with Crippen molar-refractivity contribution in [3.63, 3.8) is 0 Å². The van der Waals surface area contributed by atoms with Crippen molar-refractivity contribution < 1.29 is 19.1 Å². The number of hydrogen-bond acceptors (Lipinski definition) is 4. The third-order valence-electron chi connectivity index (χ3n) is 4.29. The molecule has 1 fully saturated rings. The molecule has 26 heavy (non-hydrogen) atoms. The van der Waals surface area contributed by atoms with Crippen LogP contribution in [0.2, 0.25) is 0 Å². The van der Waals surface area contributed by atoms with E-state index in [2.05, 4.69) is 0 Å². The van der Waals surface area contributed by atoms with Crippen LogP contribution < -0.4 is 10.5 Å². The molecule has 2 aromatic carbocycles. The van der Waals surface area contributed by atoms with Gasteiger partial charge < -0.3 is 20.1 Å². The van der Waals surface area contributed by atoms with Crippen LogP contribution in [-0.4, -0.2) is 42.5 Å². The minimum absolute atomic E-state index is 0.0484. The lowest BCUT2D eigenvalue weighted by Crippen LogP contribution is -2.47. The number of primary amides is 1. The molecule has 1 heterocycles. The average Bonchev–Trinajstić information content (AvgIpc) is 2.66. The summed E-state index contributed by atoms with van der Waals surface area (Å²) in [5, 5.41) is 0. The summed E-state index contributed by atoms with van der Waals surface area (Å²) in [5.41, 5.74) is 6.66. The third kappa shape index (κ3) is 4.40. The van der Waals surface area contributed by atoms with E-state index in [1.165, 1.54) is 0 Å². The van der Waals surface area contributed by atoms with Gasteiger partial charge in [0.05, 0.1) is 12.6 Å². The fourth-order valence-corrected chi connectivity index (χ4v) is 2.96. The molecule has 0 radical (unpaired) electrons. The second kappa shape index (κ2) is 8.01. The van der Waals surface area contributed by atoms with Crippen LogP contribution in [0.4, 0.5) is 0 Å². The van der Waals surface area contributed by atoms with Crippen LogP contribution in [0.1, 0.15) is 28.9 Å². The third-order valence-corrected chi connectivity index (χ3v) is 4.29. The number of nitrogens with zero attached hydrogens (tertiary/aromatic N) is 1. The summed E-state index contributed by atoms with van der Waals surface area (Å²) in [5.74, 6) is -0.0776. The van der Waals surface area contributed by atoms with E-state index in [4.69, 9.17) is 15.2 Å². The maximum Gasteiger partial charge on any atom is 0.260 e. The molecule has 1 aliphatic rings. The van der Waals surface area contributed by atoms with Gasteiger partial charge in [-0.15, -0.1) is 0 Å². The van der Waals surface area contributed by atoms with Crippen molar-refractivity contribution in [2.24, 2.45) is 5.73 Å². The monoisotopic (exact) mass is 354 g/mol. The van der Waals surface area contributed by atoms with Crippen molar-refractivity contribution in [2.45, 2.75) is 19.1 Å². The molecular weight excluding hydrogens is 332 g/mol. The summed E-state index contributed by atoms with van der Waals surface area (Å²) in [6.45, 7) is 2.92. The molecule has 0 aliphatic carbocycles. The number of carbonyl (C=O) groups is 2. The van der Waals surface area contributed by atoms with Crippen molar-refractivity contribution in [3.8, 4) is 5.75 Å². The largest absolute Gasteiger partial charge is 0.484 e. The summed E-state index contributed by atoms with van der Waals surface area (Å²) < 4.78 is 11.5. The Morgan fingerprint density at radius 1 is 1.12 bits per heavy atom. The Labute approximate surface area is 152 Å². The standard InChI is InChI=1S/C20H22N2O4/c1-14-11-22(12-18(26-14)15-5-3-2-4-6-15)19(23)13-25-17-9-7-16(8-10-17)20(21)24/h2-10,14,18H,11-13H2,1H3,(H2,21,24)/t14-,18-/m1/s1. The molecule has 0 bridgehead atoms. The first kappa shape index (κ1) is 17.9. The molecule has 0 spiro atoms. The summed E-state index contributed by atoms with van der Waals surface area (Å²) in [7, 11) is 0. The van der Waals surface area contributed by atoms with E-state index in [9.17, 15) is 9.59 Å². The molecule has 3 rings (SSSR count). The lowest BCUT2D eigenvalue weighted by Gasteiger charge is -2.37. The average molecular weight is 354 g/mol. The van der Waals surface area contributed by atoms with Gasteiger partial charge in [-0.3, -0.25) is 9.59 Å². The number of morpholine rings is 1. The second-order valence-corrected chi connectivity index (χ2v) is 6.32. The zero-order valence-corrected chi connectivity index (χ0v) is 14.6. The van der Waals surface area contributed by atoms with Crippen LogP contribution >= 0.6 is 0 Å². The number of amides is 2. The van der Waals surface area contributed by atoms with Gasteiger partial charge in [0.2, 0.25) is 5.91 Å². The van der Waals surface area contributed by atoms with Crippen LogP contribution in [0.25, 0.3) is 0 Å². The van der Waals surface area contributed by atoms with Gasteiger partial charge in [-0.1, -0.05) is 30.3 Å². The first-order valence-corrected chi connectivity index (χ1v) is 8.54. The number of ether oxygens (including phenoxy) is 2. The molecule has 136 valence electrons. The SMILES string of the molecule is C[C@@H]1CN(C(=O)COc2ccc(C(N)=O)cc2)C[C@H](c2ccccc2)O1. The Morgan fingerprint density at radius 3 is 2.46 bits per heavy atom. The van der Waals surface area contributed by atoms with E-state index < -0.39 is 5.91 Å². The first-order valence-electron chi connectivity index (χ1n) is 8.54. The number of benzene rings is 2. The summed E-state index contributed by atoms with van der Waals surface area (Å²) in [6, 6.07) is 16.3. The van der Waals surface area contributed by atoms with E-state index in [-0.39, 0.29) is 24.7 Å². The molecule has 1 saturated heterocycles. The summed E-state index contributed by atoms with van der Waals surface area (Å²) in [6.07, 6.45) is -0.188. The number of hydrogen-bond donors (Lipinski definition) is 1. The van der Waals surface area contributed by atoms with Gasteiger partial charge in [-0.25, -0.2) is 0 Å². The van der Waals surface area contributed by atoms with Crippen LogP contribution in [0.3, 0.4) is 0 Å². The zero-order chi connectivity index (χ0) is 18.5.